The first-order chi connectivity index (χ1) is 7.35. The Hall–Kier alpha value is -1.88. The molecule has 0 heterocycles. The molecule has 0 fully saturated rings. The standard InChI is InChI=1S/C8H7F2N3O2S/c9-5-3-6(10)8(7(12)4-5)13-16(14,15)2-1-11/h3-4,13H,2,12H2. The highest BCUT2D eigenvalue weighted by Gasteiger charge is 2.16. The van der Waals surface area contributed by atoms with E-state index in [1.165, 1.54) is 6.07 Å². The van der Waals surface area contributed by atoms with Gasteiger partial charge in [0, 0.05) is 6.07 Å². The largest absolute Gasteiger partial charge is 0.397 e. The molecule has 1 rings (SSSR count). The Labute approximate surface area is 90.5 Å². The van der Waals surface area contributed by atoms with Gasteiger partial charge in [-0.05, 0) is 6.07 Å². The Balaban J connectivity index is 3.13. The first kappa shape index (κ1) is 12.2. The lowest BCUT2D eigenvalue weighted by Crippen LogP contribution is -2.17. The molecule has 0 aromatic heterocycles. The number of hydrogen-bond donors (Lipinski definition) is 2. The number of rotatable bonds is 3. The minimum Gasteiger partial charge on any atom is -0.397 e. The molecule has 5 nitrogen and oxygen atoms in total. The number of halogens is 2. The van der Waals surface area contributed by atoms with Gasteiger partial charge >= 0.3 is 0 Å². The summed E-state index contributed by atoms with van der Waals surface area (Å²) in [5.41, 5.74) is 4.29. The molecule has 0 saturated carbocycles. The van der Waals surface area contributed by atoms with Crippen LogP contribution in [0.4, 0.5) is 20.2 Å². The van der Waals surface area contributed by atoms with Crippen molar-refractivity contribution in [2.24, 2.45) is 0 Å². The van der Waals surface area contributed by atoms with Crippen LogP contribution in [-0.2, 0) is 10.0 Å². The lowest BCUT2D eigenvalue weighted by Gasteiger charge is -2.09. The van der Waals surface area contributed by atoms with Gasteiger partial charge in [0.1, 0.15) is 11.5 Å². The molecule has 86 valence electrons. The molecular weight excluding hydrogens is 240 g/mol. The van der Waals surface area contributed by atoms with E-state index < -0.39 is 33.1 Å². The Bertz CT molecular complexity index is 528. The van der Waals surface area contributed by atoms with E-state index >= 15 is 0 Å². The minimum atomic E-state index is -4.00. The van der Waals surface area contributed by atoms with Crippen molar-refractivity contribution in [3.63, 3.8) is 0 Å². The highest BCUT2D eigenvalue weighted by molar-refractivity contribution is 7.92. The summed E-state index contributed by atoms with van der Waals surface area (Å²) in [5, 5.41) is 8.21. The molecule has 16 heavy (non-hydrogen) atoms. The number of nitrogen functional groups attached to an aromatic ring is 1. The maximum atomic E-state index is 13.2. The van der Waals surface area contributed by atoms with Crippen molar-refractivity contribution in [3.05, 3.63) is 23.8 Å². The van der Waals surface area contributed by atoms with Crippen LogP contribution in [0.2, 0.25) is 0 Å². The monoisotopic (exact) mass is 247 g/mol. The second-order valence-electron chi connectivity index (χ2n) is 2.87. The van der Waals surface area contributed by atoms with Crippen LogP contribution in [-0.4, -0.2) is 14.2 Å². The first-order valence-corrected chi connectivity index (χ1v) is 5.63. The predicted molar refractivity (Wildman–Crippen MR) is 53.8 cm³/mol. The topological polar surface area (TPSA) is 96.0 Å². The van der Waals surface area contributed by atoms with Crippen LogP contribution in [0.3, 0.4) is 0 Å². The van der Waals surface area contributed by atoms with E-state index in [1.54, 1.807) is 4.72 Å². The zero-order valence-corrected chi connectivity index (χ0v) is 8.68. The van der Waals surface area contributed by atoms with Crippen molar-refractivity contribution >= 4 is 21.4 Å². The van der Waals surface area contributed by atoms with Crippen LogP contribution in [0, 0.1) is 23.0 Å². The summed E-state index contributed by atoms with van der Waals surface area (Å²) in [6, 6.07) is 2.65. The quantitative estimate of drug-likeness (QED) is 0.772. The smallest absolute Gasteiger partial charge is 0.246 e. The van der Waals surface area contributed by atoms with Gasteiger partial charge in [0.05, 0.1) is 11.8 Å². The first-order valence-electron chi connectivity index (χ1n) is 3.97. The summed E-state index contributed by atoms with van der Waals surface area (Å²) in [6.07, 6.45) is 0. The second-order valence-corrected chi connectivity index (χ2v) is 4.59. The van der Waals surface area contributed by atoms with Gasteiger partial charge in [0.15, 0.2) is 11.6 Å². The zero-order valence-electron chi connectivity index (χ0n) is 7.87. The third kappa shape index (κ3) is 2.80. The summed E-state index contributed by atoms with van der Waals surface area (Å²) in [4.78, 5) is 0. The highest BCUT2D eigenvalue weighted by Crippen LogP contribution is 2.24. The van der Waals surface area contributed by atoms with Crippen molar-refractivity contribution in [1.29, 1.82) is 5.26 Å². The maximum absolute atomic E-state index is 13.2. The molecule has 1 aromatic carbocycles. The Morgan fingerprint density at radius 3 is 2.56 bits per heavy atom. The van der Waals surface area contributed by atoms with Crippen molar-refractivity contribution in [3.8, 4) is 6.07 Å². The van der Waals surface area contributed by atoms with Crippen molar-refractivity contribution in [2.45, 2.75) is 0 Å². The number of nitriles is 1. The van der Waals surface area contributed by atoms with Gasteiger partial charge in [0.2, 0.25) is 10.0 Å². The van der Waals surface area contributed by atoms with Gasteiger partial charge in [-0.25, -0.2) is 17.2 Å². The van der Waals surface area contributed by atoms with Gasteiger partial charge < -0.3 is 5.73 Å². The average molecular weight is 247 g/mol. The molecule has 0 aliphatic rings. The highest BCUT2D eigenvalue weighted by atomic mass is 32.2. The summed E-state index contributed by atoms with van der Waals surface area (Å²) in [6.45, 7) is 0. The van der Waals surface area contributed by atoms with E-state index in [0.717, 1.165) is 6.07 Å². The Kier molecular flexibility index (Phi) is 3.29. The molecule has 3 N–H and O–H groups in total. The summed E-state index contributed by atoms with van der Waals surface area (Å²) in [5.74, 6) is -2.90. The third-order valence-electron chi connectivity index (χ3n) is 1.60. The maximum Gasteiger partial charge on any atom is 0.246 e. The lowest BCUT2D eigenvalue weighted by molar-refractivity contribution is 0.584. The van der Waals surface area contributed by atoms with Crippen LogP contribution in [0.1, 0.15) is 0 Å². The van der Waals surface area contributed by atoms with Gasteiger partial charge in [-0.15, -0.1) is 0 Å². The Morgan fingerprint density at radius 2 is 2.06 bits per heavy atom. The van der Waals surface area contributed by atoms with E-state index in [-0.39, 0.29) is 5.69 Å². The number of nitrogens with one attached hydrogen (secondary N) is 1. The molecule has 0 unspecified atom stereocenters. The molecule has 0 saturated heterocycles. The fraction of sp³-hybridized carbons (Fsp3) is 0.125. The number of benzene rings is 1. The minimum absolute atomic E-state index is 0.390. The van der Waals surface area contributed by atoms with Gasteiger partial charge in [-0.1, -0.05) is 0 Å². The molecule has 0 atom stereocenters. The SMILES string of the molecule is N#CCS(=O)(=O)Nc1c(N)cc(F)cc1F. The van der Waals surface area contributed by atoms with Crippen molar-refractivity contribution < 1.29 is 17.2 Å². The fourth-order valence-electron chi connectivity index (χ4n) is 0.978. The number of nitrogens with zero attached hydrogens (tertiary/aromatic N) is 1. The van der Waals surface area contributed by atoms with Gasteiger partial charge in [-0.3, -0.25) is 4.72 Å². The van der Waals surface area contributed by atoms with E-state index in [0.29, 0.717) is 6.07 Å². The molecule has 0 aliphatic heterocycles. The lowest BCUT2D eigenvalue weighted by atomic mass is 10.2. The van der Waals surface area contributed by atoms with E-state index in [9.17, 15) is 17.2 Å². The molecule has 0 spiro atoms. The number of sulfonamides is 1. The molecule has 1 aromatic rings. The molecule has 0 aliphatic carbocycles. The number of anilines is 2. The van der Waals surface area contributed by atoms with E-state index in [2.05, 4.69) is 0 Å². The van der Waals surface area contributed by atoms with Crippen LogP contribution >= 0.6 is 0 Å². The fourth-order valence-corrected chi connectivity index (χ4v) is 1.75. The number of nitrogens with two attached hydrogens (primary N) is 1. The molecule has 0 bridgehead atoms. The van der Waals surface area contributed by atoms with Crippen LogP contribution in [0.15, 0.2) is 12.1 Å². The second kappa shape index (κ2) is 4.32. The van der Waals surface area contributed by atoms with E-state index in [4.69, 9.17) is 11.0 Å². The third-order valence-corrected chi connectivity index (χ3v) is 2.62. The predicted octanol–water partition coefficient (Wildman–Crippen LogP) is 0.812. The summed E-state index contributed by atoms with van der Waals surface area (Å²) < 4.78 is 49.8. The average Bonchev–Trinajstić information content (AvgIpc) is 2.11. The molecule has 8 heteroatoms. The number of hydrogen-bond acceptors (Lipinski definition) is 4. The van der Waals surface area contributed by atoms with Gasteiger partial charge in [0.25, 0.3) is 0 Å². The summed E-state index contributed by atoms with van der Waals surface area (Å²) >= 11 is 0. The van der Waals surface area contributed by atoms with Crippen LogP contribution < -0.4 is 10.5 Å². The molecule has 0 radical (unpaired) electrons. The zero-order chi connectivity index (χ0) is 12.3. The van der Waals surface area contributed by atoms with E-state index in [1.807, 2.05) is 0 Å². The molecule has 0 amide bonds. The summed E-state index contributed by atoms with van der Waals surface area (Å²) in [7, 11) is -4.00. The van der Waals surface area contributed by atoms with Gasteiger partial charge in [-0.2, -0.15) is 5.26 Å². The van der Waals surface area contributed by atoms with Crippen molar-refractivity contribution in [2.75, 3.05) is 16.2 Å². The molecular formula is C8H7F2N3O2S. The van der Waals surface area contributed by atoms with Crippen LogP contribution in [0.25, 0.3) is 0 Å². The van der Waals surface area contributed by atoms with Crippen molar-refractivity contribution in [1.82, 2.24) is 0 Å². The van der Waals surface area contributed by atoms with Crippen LogP contribution in [0.5, 0.6) is 0 Å². The normalized spacial score (nSPS) is 10.8. The Morgan fingerprint density at radius 1 is 1.44 bits per heavy atom.